The number of carbonyl (C=O) groups is 2. The fraction of sp³-hybridized carbons (Fsp3) is 0.562. The first-order chi connectivity index (χ1) is 10.6. The van der Waals surface area contributed by atoms with E-state index in [-0.39, 0.29) is 17.4 Å². The van der Waals surface area contributed by atoms with Crippen LogP contribution in [0.25, 0.3) is 0 Å². The fourth-order valence-electron chi connectivity index (χ4n) is 2.75. The summed E-state index contributed by atoms with van der Waals surface area (Å²) < 4.78 is 0. The molecule has 2 heterocycles. The van der Waals surface area contributed by atoms with Gasteiger partial charge in [-0.15, -0.1) is 0 Å². The van der Waals surface area contributed by atoms with E-state index in [4.69, 9.17) is 5.11 Å². The SMILES string of the molecule is CCC(CC)C(=O)N1CCN(c2ccc(C(=O)O)cn2)CC1. The molecular formula is C16H23N3O3. The van der Waals surface area contributed by atoms with Gasteiger partial charge in [0.2, 0.25) is 5.91 Å². The van der Waals surface area contributed by atoms with Crippen LogP contribution in [-0.2, 0) is 4.79 Å². The van der Waals surface area contributed by atoms with Crippen molar-refractivity contribution in [3.8, 4) is 0 Å². The Morgan fingerprint density at radius 1 is 1.18 bits per heavy atom. The van der Waals surface area contributed by atoms with Crippen LogP contribution in [-0.4, -0.2) is 53.0 Å². The summed E-state index contributed by atoms with van der Waals surface area (Å²) in [5.74, 6) is 0.164. The predicted octanol–water partition coefficient (Wildman–Crippen LogP) is 1.86. The standard InChI is InChI=1S/C16H23N3O3/c1-3-12(4-2)15(20)19-9-7-18(8-10-19)14-6-5-13(11-17-14)16(21)22/h5-6,11-12H,3-4,7-10H2,1-2H3,(H,21,22). The molecule has 2 rings (SSSR count). The summed E-state index contributed by atoms with van der Waals surface area (Å²) in [5.41, 5.74) is 0.186. The third kappa shape index (κ3) is 3.55. The molecule has 1 aliphatic rings. The van der Waals surface area contributed by atoms with Gasteiger partial charge in [-0.3, -0.25) is 4.79 Å². The van der Waals surface area contributed by atoms with Gasteiger partial charge in [0.15, 0.2) is 0 Å². The third-order valence-electron chi connectivity index (χ3n) is 4.24. The van der Waals surface area contributed by atoms with Crippen molar-refractivity contribution < 1.29 is 14.7 Å². The van der Waals surface area contributed by atoms with Crippen LogP contribution in [0.5, 0.6) is 0 Å². The number of carboxylic acid groups (broad SMARTS) is 1. The summed E-state index contributed by atoms with van der Waals surface area (Å²) in [6.45, 7) is 6.94. The minimum atomic E-state index is -0.973. The third-order valence-corrected chi connectivity index (χ3v) is 4.24. The number of aromatic carboxylic acids is 1. The fourth-order valence-corrected chi connectivity index (χ4v) is 2.75. The molecule has 6 nitrogen and oxygen atoms in total. The lowest BCUT2D eigenvalue weighted by molar-refractivity contribution is -0.136. The Balaban J connectivity index is 1.94. The average molecular weight is 305 g/mol. The number of piperazine rings is 1. The molecular weight excluding hydrogens is 282 g/mol. The number of hydrogen-bond acceptors (Lipinski definition) is 4. The number of hydrogen-bond donors (Lipinski definition) is 1. The maximum Gasteiger partial charge on any atom is 0.337 e. The van der Waals surface area contributed by atoms with Gasteiger partial charge in [0.1, 0.15) is 5.82 Å². The normalized spacial score (nSPS) is 15.2. The zero-order valence-electron chi connectivity index (χ0n) is 13.2. The van der Waals surface area contributed by atoms with Gasteiger partial charge in [0, 0.05) is 38.3 Å². The first-order valence-electron chi connectivity index (χ1n) is 7.79. The Bertz CT molecular complexity index is 518. The average Bonchev–Trinajstić information content (AvgIpc) is 2.56. The molecule has 6 heteroatoms. The topological polar surface area (TPSA) is 73.7 Å². The molecule has 0 unspecified atom stereocenters. The molecule has 0 radical (unpaired) electrons. The summed E-state index contributed by atoms with van der Waals surface area (Å²) in [6, 6.07) is 3.29. The molecule has 1 amide bonds. The second kappa shape index (κ2) is 7.24. The van der Waals surface area contributed by atoms with Crippen LogP contribution in [0.15, 0.2) is 18.3 Å². The predicted molar refractivity (Wildman–Crippen MR) is 84.1 cm³/mol. The van der Waals surface area contributed by atoms with Crippen molar-refractivity contribution in [2.75, 3.05) is 31.1 Å². The van der Waals surface area contributed by atoms with Gasteiger partial charge in [-0.05, 0) is 25.0 Å². The highest BCUT2D eigenvalue weighted by Gasteiger charge is 2.25. The number of rotatable bonds is 5. The van der Waals surface area contributed by atoms with Crippen LogP contribution in [0.3, 0.4) is 0 Å². The van der Waals surface area contributed by atoms with E-state index in [1.165, 1.54) is 6.20 Å². The molecule has 1 aromatic rings. The van der Waals surface area contributed by atoms with Crippen LogP contribution in [0.2, 0.25) is 0 Å². The van der Waals surface area contributed by atoms with Crippen LogP contribution in [0, 0.1) is 5.92 Å². The van der Waals surface area contributed by atoms with Crippen molar-refractivity contribution in [3.63, 3.8) is 0 Å². The van der Waals surface area contributed by atoms with E-state index in [2.05, 4.69) is 23.7 Å². The Morgan fingerprint density at radius 3 is 2.27 bits per heavy atom. The van der Waals surface area contributed by atoms with Gasteiger partial charge in [-0.2, -0.15) is 0 Å². The summed E-state index contributed by atoms with van der Waals surface area (Å²) in [7, 11) is 0. The van der Waals surface area contributed by atoms with Gasteiger partial charge in [-0.25, -0.2) is 9.78 Å². The highest BCUT2D eigenvalue weighted by molar-refractivity contribution is 5.87. The number of carboxylic acids is 1. The van der Waals surface area contributed by atoms with Crippen LogP contribution in [0.4, 0.5) is 5.82 Å². The molecule has 1 fully saturated rings. The van der Waals surface area contributed by atoms with Gasteiger partial charge >= 0.3 is 5.97 Å². The number of nitrogens with zero attached hydrogens (tertiary/aromatic N) is 3. The Hall–Kier alpha value is -2.11. The van der Waals surface area contributed by atoms with E-state index in [1.807, 2.05) is 4.90 Å². The van der Waals surface area contributed by atoms with Gasteiger partial charge in [0.25, 0.3) is 0 Å². The minimum Gasteiger partial charge on any atom is -0.478 e. The second-order valence-electron chi connectivity index (χ2n) is 5.54. The highest BCUT2D eigenvalue weighted by Crippen LogP contribution is 2.17. The maximum atomic E-state index is 12.3. The highest BCUT2D eigenvalue weighted by atomic mass is 16.4. The van der Waals surface area contributed by atoms with Crippen LogP contribution < -0.4 is 4.90 Å². The van der Waals surface area contributed by atoms with E-state index in [1.54, 1.807) is 12.1 Å². The monoisotopic (exact) mass is 305 g/mol. The quantitative estimate of drug-likeness (QED) is 0.899. The first kappa shape index (κ1) is 16.3. The summed E-state index contributed by atoms with van der Waals surface area (Å²) in [6.07, 6.45) is 3.14. The smallest absolute Gasteiger partial charge is 0.337 e. The van der Waals surface area contributed by atoms with Crippen molar-refractivity contribution in [2.24, 2.45) is 5.92 Å². The number of amides is 1. The first-order valence-corrected chi connectivity index (χ1v) is 7.79. The van der Waals surface area contributed by atoms with Crippen molar-refractivity contribution in [1.29, 1.82) is 0 Å². The molecule has 0 bridgehead atoms. The number of pyridine rings is 1. The molecule has 0 atom stereocenters. The van der Waals surface area contributed by atoms with Crippen LogP contribution in [0.1, 0.15) is 37.0 Å². The van der Waals surface area contributed by atoms with Crippen molar-refractivity contribution in [1.82, 2.24) is 9.88 Å². The Kier molecular flexibility index (Phi) is 5.35. The molecule has 1 aliphatic heterocycles. The number of aromatic nitrogens is 1. The Labute approximate surface area is 130 Å². The molecule has 0 spiro atoms. The van der Waals surface area contributed by atoms with E-state index >= 15 is 0 Å². The van der Waals surface area contributed by atoms with Crippen molar-refractivity contribution in [2.45, 2.75) is 26.7 Å². The number of anilines is 1. The van der Waals surface area contributed by atoms with Gasteiger partial charge in [-0.1, -0.05) is 13.8 Å². The lowest BCUT2D eigenvalue weighted by Gasteiger charge is -2.36. The molecule has 0 aliphatic carbocycles. The van der Waals surface area contributed by atoms with Gasteiger partial charge < -0.3 is 14.9 Å². The maximum absolute atomic E-state index is 12.3. The summed E-state index contributed by atoms with van der Waals surface area (Å²) in [5, 5.41) is 8.88. The molecule has 22 heavy (non-hydrogen) atoms. The lowest BCUT2D eigenvalue weighted by atomic mass is 10.0. The lowest BCUT2D eigenvalue weighted by Crippen LogP contribution is -2.50. The van der Waals surface area contributed by atoms with Gasteiger partial charge in [0.05, 0.1) is 5.56 Å². The molecule has 0 aromatic carbocycles. The molecule has 120 valence electrons. The zero-order valence-corrected chi connectivity index (χ0v) is 13.2. The van der Waals surface area contributed by atoms with E-state index in [0.717, 1.165) is 31.7 Å². The molecule has 1 N–H and O–H groups in total. The second-order valence-corrected chi connectivity index (χ2v) is 5.54. The summed E-state index contributed by atoms with van der Waals surface area (Å²) in [4.78, 5) is 31.4. The Morgan fingerprint density at radius 2 is 1.82 bits per heavy atom. The van der Waals surface area contributed by atoms with E-state index < -0.39 is 5.97 Å². The zero-order chi connectivity index (χ0) is 16.1. The molecule has 1 saturated heterocycles. The molecule has 1 aromatic heterocycles. The molecule has 0 saturated carbocycles. The minimum absolute atomic E-state index is 0.125. The van der Waals surface area contributed by atoms with E-state index in [0.29, 0.717) is 13.1 Å². The van der Waals surface area contributed by atoms with E-state index in [9.17, 15) is 9.59 Å². The van der Waals surface area contributed by atoms with Crippen LogP contribution >= 0.6 is 0 Å². The number of carbonyl (C=O) groups excluding carboxylic acids is 1. The van der Waals surface area contributed by atoms with Crippen molar-refractivity contribution >= 4 is 17.7 Å². The summed E-state index contributed by atoms with van der Waals surface area (Å²) >= 11 is 0. The van der Waals surface area contributed by atoms with Crippen molar-refractivity contribution in [3.05, 3.63) is 23.9 Å². The largest absolute Gasteiger partial charge is 0.478 e.